The Balaban J connectivity index is 2.35. The predicted molar refractivity (Wildman–Crippen MR) is 32.2 cm³/mol. The first-order chi connectivity index (χ1) is 4.74. The highest BCUT2D eigenvalue weighted by molar-refractivity contribution is 5.56. The number of hydrogen-bond donors (Lipinski definition) is 2. The smallest absolute Gasteiger partial charge is 0.178 e. The molecule has 10 heavy (non-hydrogen) atoms. The van der Waals surface area contributed by atoms with Crippen LogP contribution in [0.25, 0.3) is 0 Å². The Hall–Kier alpha value is -0.450. The van der Waals surface area contributed by atoms with Gasteiger partial charge in [0.25, 0.3) is 0 Å². The molecule has 0 saturated carbocycles. The molecule has 2 unspecified atom stereocenters. The SMILES string of the molecule is O=CC1CCC(C(O)O)O1. The topological polar surface area (TPSA) is 66.8 Å². The zero-order valence-electron chi connectivity index (χ0n) is 5.43. The van der Waals surface area contributed by atoms with Gasteiger partial charge in [0.2, 0.25) is 0 Å². The summed E-state index contributed by atoms with van der Waals surface area (Å²) >= 11 is 0. The van der Waals surface area contributed by atoms with Crippen LogP contribution in [0.5, 0.6) is 0 Å². The third kappa shape index (κ3) is 1.53. The molecule has 4 nitrogen and oxygen atoms in total. The molecule has 0 aromatic rings. The van der Waals surface area contributed by atoms with Crippen molar-refractivity contribution < 1.29 is 19.7 Å². The average molecular weight is 146 g/mol. The quantitative estimate of drug-likeness (QED) is 0.389. The van der Waals surface area contributed by atoms with Crippen molar-refractivity contribution in [2.24, 2.45) is 0 Å². The fourth-order valence-electron chi connectivity index (χ4n) is 1.01. The minimum absolute atomic E-state index is 0.438. The molecule has 2 N–H and O–H groups in total. The fraction of sp³-hybridized carbons (Fsp3) is 0.833. The van der Waals surface area contributed by atoms with Gasteiger partial charge in [-0.05, 0) is 12.8 Å². The lowest BCUT2D eigenvalue weighted by Gasteiger charge is -2.11. The number of aliphatic hydroxyl groups is 2. The van der Waals surface area contributed by atoms with Gasteiger partial charge < -0.3 is 19.7 Å². The molecule has 58 valence electrons. The van der Waals surface area contributed by atoms with E-state index in [0.717, 1.165) is 0 Å². The van der Waals surface area contributed by atoms with Crippen LogP contribution in [-0.2, 0) is 9.53 Å². The standard InChI is InChI=1S/C6H10O4/c7-3-4-1-2-5(10-4)6(8)9/h3-6,8-9H,1-2H2. The number of carbonyl (C=O) groups excluding carboxylic acids is 1. The Labute approximate surface area is 58.4 Å². The first-order valence-corrected chi connectivity index (χ1v) is 3.21. The number of aliphatic hydroxyl groups excluding tert-OH is 1. The van der Waals surface area contributed by atoms with Gasteiger partial charge in [0.15, 0.2) is 6.29 Å². The first kappa shape index (κ1) is 7.65. The number of rotatable bonds is 2. The molecule has 1 heterocycles. The van der Waals surface area contributed by atoms with Gasteiger partial charge in [0, 0.05) is 0 Å². The summed E-state index contributed by atoms with van der Waals surface area (Å²) < 4.78 is 4.90. The summed E-state index contributed by atoms with van der Waals surface area (Å²) in [5, 5.41) is 17.2. The highest BCUT2D eigenvalue weighted by atomic mass is 16.6. The second kappa shape index (κ2) is 3.09. The second-order valence-corrected chi connectivity index (χ2v) is 2.34. The molecule has 2 atom stereocenters. The van der Waals surface area contributed by atoms with Crippen LogP contribution < -0.4 is 0 Å². The van der Waals surface area contributed by atoms with Crippen LogP contribution in [0.2, 0.25) is 0 Å². The summed E-state index contributed by atoms with van der Waals surface area (Å²) in [6.07, 6.45) is -0.651. The summed E-state index contributed by atoms with van der Waals surface area (Å²) in [6, 6.07) is 0. The number of hydrogen-bond acceptors (Lipinski definition) is 4. The van der Waals surface area contributed by atoms with Crippen LogP contribution in [-0.4, -0.2) is 35.0 Å². The third-order valence-electron chi connectivity index (χ3n) is 1.57. The van der Waals surface area contributed by atoms with E-state index in [1.165, 1.54) is 0 Å². The van der Waals surface area contributed by atoms with Crippen molar-refractivity contribution in [1.29, 1.82) is 0 Å². The Morgan fingerprint density at radius 3 is 2.50 bits per heavy atom. The fourth-order valence-corrected chi connectivity index (χ4v) is 1.01. The average Bonchev–Trinajstić information content (AvgIpc) is 2.34. The summed E-state index contributed by atoms with van der Waals surface area (Å²) in [6.45, 7) is 0. The highest BCUT2D eigenvalue weighted by Crippen LogP contribution is 2.19. The van der Waals surface area contributed by atoms with Crippen molar-refractivity contribution in [3.63, 3.8) is 0 Å². The first-order valence-electron chi connectivity index (χ1n) is 3.21. The van der Waals surface area contributed by atoms with Crippen molar-refractivity contribution in [3.8, 4) is 0 Å². The van der Waals surface area contributed by atoms with E-state index in [9.17, 15) is 4.79 Å². The zero-order valence-corrected chi connectivity index (χ0v) is 5.43. The molecule has 1 aliphatic rings. The molecule has 1 saturated heterocycles. The Morgan fingerprint density at radius 1 is 1.50 bits per heavy atom. The van der Waals surface area contributed by atoms with Gasteiger partial charge in [-0.25, -0.2) is 0 Å². The summed E-state index contributed by atoms with van der Waals surface area (Å²) in [5.74, 6) is 0. The molecule has 1 aliphatic heterocycles. The maximum atomic E-state index is 10.1. The van der Waals surface area contributed by atoms with Gasteiger partial charge in [-0.15, -0.1) is 0 Å². The monoisotopic (exact) mass is 146 g/mol. The molecule has 4 heteroatoms. The number of ether oxygens (including phenoxy) is 1. The number of aldehydes is 1. The van der Waals surface area contributed by atoms with E-state index >= 15 is 0 Å². The maximum Gasteiger partial charge on any atom is 0.178 e. The van der Waals surface area contributed by atoms with E-state index in [-0.39, 0.29) is 0 Å². The lowest BCUT2D eigenvalue weighted by Crippen LogP contribution is -2.25. The third-order valence-corrected chi connectivity index (χ3v) is 1.57. The molecule has 1 fully saturated rings. The lowest BCUT2D eigenvalue weighted by atomic mass is 10.2. The van der Waals surface area contributed by atoms with Crippen LogP contribution in [0.4, 0.5) is 0 Å². The molecule has 0 spiro atoms. The van der Waals surface area contributed by atoms with Crippen LogP contribution in [0, 0.1) is 0 Å². The van der Waals surface area contributed by atoms with Gasteiger partial charge >= 0.3 is 0 Å². The van der Waals surface area contributed by atoms with E-state index < -0.39 is 18.5 Å². The largest absolute Gasteiger partial charge is 0.366 e. The van der Waals surface area contributed by atoms with E-state index in [1.807, 2.05) is 0 Å². The molecule has 0 aromatic carbocycles. The minimum Gasteiger partial charge on any atom is -0.366 e. The molecule has 0 amide bonds. The highest BCUT2D eigenvalue weighted by Gasteiger charge is 2.28. The number of carbonyl (C=O) groups is 1. The Kier molecular flexibility index (Phi) is 2.37. The van der Waals surface area contributed by atoms with Gasteiger partial charge in [-0.1, -0.05) is 0 Å². The van der Waals surface area contributed by atoms with E-state index in [4.69, 9.17) is 14.9 Å². The van der Waals surface area contributed by atoms with Crippen LogP contribution >= 0.6 is 0 Å². The summed E-state index contributed by atoms with van der Waals surface area (Å²) in [4.78, 5) is 10.1. The molecule has 1 rings (SSSR count). The molecule has 0 bridgehead atoms. The van der Waals surface area contributed by atoms with E-state index in [0.29, 0.717) is 19.1 Å². The second-order valence-electron chi connectivity index (χ2n) is 2.34. The summed E-state index contributed by atoms with van der Waals surface area (Å²) in [5.41, 5.74) is 0. The van der Waals surface area contributed by atoms with E-state index in [1.54, 1.807) is 0 Å². The molecule has 0 radical (unpaired) electrons. The summed E-state index contributed by atoms with van der Waals surface area (Å²) in [7, 11) is 0. The van der Waals surface area contributed by atoms with E-state index in [2.05, 4.69) is 0 Å². The molecular weight excluding hydrogens is 136 g/mol. The van der Waals surface area contributed by atoms with Gasteiger partial charge in [-0.2, -0.15) is 0 Å². The van der Waals surface area contributed by atoms with Gasteiger partial charge in [0.05, 0.1) is 0 Å². The minimum atomic E-state index is -1.45. The van der Waals surface area contributed by atoms with Crippen molar-refractivity contribution in [1.82, 2.24) is 0 Å². The lowest BCUT2D eigenvalue weighted by molar-refractivity contribution is -0.145. The van der Waals surface area contributed by atoms with Crippen LogP contribution in [0.15, 0.2) is 0 Å². The van der Waals surface area contributed by atoms with Crippen molar-refractivity contribution in [2.75, 3.05) is 0 Å². The normalized spacial score (nSPS) is 33.1. The maximum absolute atomic E-state index is 10.1. The van der Waals surface area contributed by atoms with Crippen molar-refractivity contribution >= 4 is 6.29 Å². The molecule has 0 aliphatic carbocycles. The molecular formula is C6H10O4. The van der Waals surface area contributed by atoms with Gasteiger partial charge in [0.1, 0.15) is 18.5 Å². The van der Waals surface area contributed by atoms with Crippen LogP contribution in [0.1, 0.15) is 12.8 Å². The van der Waals surface area contributed by atoms with Crippen LogP contribution in [0.3, 0.4) is 0 Å². The molecule has 0 aromatic heterocycles. The Bertz CT molecular complexity index is 123. The van der Waals surface area contributed by atoms with Crippen molar-refractivity contribution in [2.45, 2.75) is 31.3 Å². The van der Waals surface area contributed by atoms with Crippen molar-refractivity contribution in [3.05, 3.63) is 0 Å². The Morgan fingerprint density at radius 2 is 2.20 bits per heavy atom. The van der Waals surface area contributed by atoms with Gasteiger partial charge in [-0.3, -0.25) is 0 Å². The zero-order chi connectivity index (χ0) is 7.56. The predicted octanol–water partition coefficient (Wildman–Crippen LogP) is -0.956.